The van der Waals surface area contributed by atoms with Crippen molar-refractivity contribution in [2.75, 3.05) is 18.3 Å². The number of Topliss-reactive ketones (excluding diaryl/α,β-unsaturated/α-hetero) is 2. The maximum absolute atomic E-state index is 10.8. The fourth-order valence-corrected chi connectivity index (χ4v) is 1.47. The van der Waals surface area contributed by atoms with Crippen molar-refractivity contribution in [1.29, 1.82) is 5.26 Å². The van der Waals surface area contributed by atoms with Crippen molar-refractivity contribution in [3.8, 4) is 0 Å². The van der Waals surface area contributed by atoms with Gasteiger partial charge in [0.25, 0.3) is 6.54 Å². The minimum Gasteiger partial charge on any atom is -0.512 e. The minimum atomic E-state index is -0.508. The Balaban J connectivity index is -0.0000000877. The van der Waals surface area contributed by atoms with E-state index >= 15 is 0 Å². The van der Waals surface area contributed by atoms with Crippen LogP contribution in [0.5, 0.6) is 0 Å². The Bertz CT molecular complexity index is 477. The molecule has 5 nitrogen and oxygen atoms in total. The molecule has 0 aliphatic rings. The molecule has 150 valence electrons. The predicted molar refractivity (Wildman–Crippen MR) is 107 cm³/mol. The fourth-order valence-electron chi connectivity index (χ4n) is 1.37. The molecule has 0 aromatic heterocycles. The summed E-state index contributed by atoms with van der Waals surface area (Å²) in [5.74, 6) is 0.227. The molecule has 0 aromatic carbocycles. The molecule has 27 heavy (non-hydrogen) atoms. The van der Waals surface area contributed by atoms with Crippen molar-refractivity contribution in [2.24, 2.45) is 10.8 Å². The van der Waals surface area contributed by atoms with E-state index in [2.05, 4.69) is 4.85 Å². The summed E-state index contributed by atoms with van der Waals surface area (Å²) in [6, 6.07) is 0. The predicted octanol–water partition coefficient (Wildman–Crippen LogP) is 2.23. The van der Waals surface area contributed by atoms with Gasteiger partial charge < -0.3 is 16.7 Å². The standard InChI is InChI=1S/C8H13NO.C7H13ClO.C2H2Cl2O.CN.K/c1-8(2,3)5-7(10)6-9-4;1-7(2,3)4-6(9)5-8;3-1-2(4)5;1-2;/h5-6H2,1-3H3;4-5H2,1-3H3;1H2;;/q;;;-1;+1. The Morgan fingerprint density at radius 3 is 1.30 bits per heavy atom. The Kier molecular flexibility index (Phi) is 32.2. The van der Waals surface area contributed by atoms with E-state index < -0.39 is 5.24 Å². The normalized spacial score (nSPS) is 9.26. The summed E-state index contributed by atoms with van der Waals surface area (Å²) in [5.41, 5.74) is 0.119. The molecular formula is C18H28Cl3KN2O3. The Labute approximate surface area is 221 Å². The topological polar surface area (TPSA) is 79.4 Å². The molecule has 9 heteroatoms. The van der Waals surface area contributed by atoms with Gasteiger partial charge in [0.15, 0.2) is 0 Å². The van der Waals surface area contributed by atoms with Gasteiger partial charge in [0, 0.05) is 12.8 Å². The van der Waals surface area contributed by atoms with Crippen molar-refractivity contribution in [3.63, 3.8) is 0 Å². The van der Waals surface area contributed by atoms with Gasteiger partial charge in [-0.25, -0.2) is 6.57 Å². The first-order valence-corrected chi connectivity index (χ1v) is 9.02. The number of nitrogens with zero attached hydrogens (tertiary/aromatic N) is 2. The van der Waals surface area contributed by atoms with Gasteiger partial charge in [-0.05, 0) is 22.4 Å². The van der Waals surface area contributed by atoms with Crippen LogP contribution in [-0.4, -0.2) is 35.1 Å². The molecule has 0 N–H and O–H groups in total. The van der Waals surface area contributed by atoms with Crippen LogP contribution in [-0.2, 0) is 14.4 Å². The number of hydrogen-bond acceptors (Lipinski definition) is 4. The second-order valence-corrected chi connectivity index (χ2v) is 8.45. The number of hydrogen-bond donors (Lipinski definition) is 0. The first kappa shape index (κ1) is 38.1. The summed E-state index contributed by atoms with van der Waals surface area (Å²) >= 11 is 14.9. The number of carbonyl (C=O) groups excluding carboxylic acids is 3. The quantitative estimate of drug-likeness (QED) is 0.270. The van der Waals surface area contributed by atoms with Gasteiger partial charge in [-0.2, -0.15) is 0 Å². The monoisotopic (exact) mass is 464 g/mol. The maximum Gasteiger partial charge on any atom is 1.00 e. The molecule has 0 amide bonds. The Morgan fingerprint density at radius 1 is 0.852 bits per heavy atom. The molecule has 0 radical (unpaired) electrons. The van der Waals surface area contributed by atoms with Crippen LogP contribution in [0.25, 0.3) is 4.85 Å². The third-order valence-corrected chi connectivity index (χ3v) is 2.78. The number of halogens is 3. The molecule has 0 atom stereocenters. The molecule has 0 fully saturated rings. The number of ketones is 2. The molecule has 0 unspecified atom stereocenters. The van der Waals surface area contributed by atoms with Crippen LogP contribution in [0.15, 0.2) is 0 Å². The van der Waals surface area contributed by atoms with Gasteiger partial charge in [-0.1, -0.05) is 41.5 Å². The number of alkyl halides is 2. The van der Waals surface area contributed by atoms with Crippen LogP contribution >= 0.6 is 34.8 Å². The van der Waals surface area contributed by atoms with Crippen molar-refractivity contribution in [2.45, 2.75) is 54.4 Å². The van der Waals surface area contributed by atoms with Crippen molar-refractivity contribution < 1.29 is 65.8 Å². The molecule has 0 aliphatic carbocycles. The minimum absolute atomic E-state index is 0. The van der Waals surface area contributed by atoms with Crippen LogP contribution < -0.4 is 51.4 Å². The van der Waals surface area contributed by atoms with Gasteiger partial charge in [-0.3, -0.25) is 14.4 Å². The maximum atomic E-state index is 10.8. The third kappa shape index (κ3) is 51.9. The van der Waals surface area contributed by atoms with E-state index in [1.807, 2.05) is 41.5 Å². The summed E-state index contributed by atoms with van der Waals surface area (Å²) in [6.45, 7) is 23.3. The Hall–Kier alpha value is 0.496. The van der Waals surface area contributed by atoms with Crippen LogP contribution in [0.3, 0.4) is 0 Å². The SMILES string of the molecule is CC(C)(C)CC(=O)CCl.O=C(Cl)CCl.[C-]#N.[C-]#[N+]CC(=O)CC(C)(C)C.[K+]. The zero-order chi connectivity index (χ0) is 22.0. The first-order valence-electron chi connectivity index (χ1n) is 7.57. The molecule has 0 bridgehead atoms. The van der Waals surface area contributed by atoms with Crippen molar-refractivity contribution in [3.05, 3.63) is 18.0 Å². The molecule has 0 saturated carbocycles. The molecule has 0 spiro atoms. The van der Waals surface area contributed by atoms with E-state index in [0.717, 1.165) is 0 Å². The number of carbonyl (C=O) groups is 3. The van der Waals surface area contributed by atoms with Crippen LogP contribution in [0.4, 0.5) is 0 Å². The summed E-state index contributed by atoms with van der Waals surface area (Å²) < 4.78 is 0. The molecule has 0 rings (SSSR count). The summed E-state index contributed by atoms with van der Waals surface area (Å²) in [5, 5.41) is 5.74. The average molecular weight is 466 g/mol. The first-order chi connectivity index (χ1) is 11.7. The molecule has 0 saturated heterocycles. The van der Waals surface area contributed by atoms with Gasteiger partial charge >= 0.3 is 51.4 Å². The van der Waals surface area contributed by atoms with E-state index in [4.69, 9.17) is 53.2 Å². The molecule has 0 aliphatic heterocycles. The smallest absolute Gasteiger partial charge is 0.512 e. The average Bonchev–Trinajstić information content (AvgIpc) is 2.47. The van der Waals surface area contributed by atoms with E-state index in [-0.39, 0.29) is 92.1 Å². The fraction of sp³-hybridized carbons (Fsp3) is 0.722. The van der Waals surface area contributed by atoms with Gasteiger partial charge in [-0.15, -0.1) is 23.2 Å². The van der Waals surface area contributed by atoms with Crippen LogP contribution in [0.2, 0.25) is 0 Å². The van der Waals surface area contributed by atoms with Crippen LogP contribution in [0, 0.1) is 29.2 Å². The Morgan fingerprint density at radius 2 is 1.15 bits per heavy atom. The molecular weight excluding hydrogens is 438 g/mol. The van der Waals surface area contributed by atoms with Gasteiger partial charge in [0.2, 0.25) is 11.0 Å². The van der Waals surface area contributed by atoms with E-state index in [9.17, 15) is 14.4 Å². The van der Waals surface area contributed by atoms with Gasteiger partial charge in [0.05, 0.1) is 11.8 Å². The summed E-state index contributed by atoms with van der Waals surface area (Å²) in [4.78, 5) is 34.0. The second-order valence-electron chi connectivity index (χ2n) is 7.49. The third-order valence-electron chi connectivity index (χ3n) is 1.96. The van der Waals surface area contributed by atoms with Crippen LogP contribution in [0.1, 0.15) is 54.4 Å². The summed E-state index contributed by atoms with van der Waals surface area (Å²) in [7, 11) is 0. The van der Waals surface area contributed by atoms with Crippen molar-refractivity contribution in [1.82, 2.24) is 0 Å². The zero-order valence-electron chi connectivity index (χ0n) is 17.3. The number of rotatable bonds is 5. The summed E-state index contributed by atoms with van der Waals surface area (Å²) in [6.07, 6.45) is 1.09. The van der Waals surface area contributed by atoms with E-state index in [1.54, 1.807) is 0 Å². The molecule has 0 heterocycles. The van der Waals surface area contributed by atoms with E-state index in [1.165, 1.54) is 0 Å². The zero-order valence-corrected chi connectivity index (χ0v) is 22.7. The van der Waals surface area contributed by atoms with Crippen molar-refractivity contribution >= 4 is 51.6 Å². The largest absolute Gasteiger partial charge is 1.00 e. The molecule has 0 aromatic rings. The van der Waals surface area contributed by atoms with Gasteiger partial charge in [0.1, 0.15) is 5.78 Å². The second kappa shape index (κ2) is 22.8. The van der Waals surface area contributed by atoms with E-state index in [0.29, 0.717) is 12.8 Å².